The molecule has 1 fully saturated rings. The van der Waals surface area contributed by atoms with E-state index in [9.17, 15) is 19.7 Å². The molecule has 4 aromatic rings. The molecule has 1 saturated heterocycles. The van der Waals surface area contributed by atoms with E-state index in [0.717, 1.165) is 6.07 Å². The first-order valence-electron chi connectivity index (χ1n) is 9.85. The summed E-state index contributed by atoms with van der Waals surface area (Å²) in [5, 5.41) is 33.4. The number of nitrogens with zero attached hydrogens (tertiary/aromatic N) is 5. The van der Waals surface area contributed by atoms with Gasteiger partial charge in [0.2, 0.25) is 5.89 Å². The Kier molecular flexibility index (Phi) is 4.96. The van der Waals surface area contributed by atoms with E-state index in [-0.39, 0.29) is 11.7 Å². The third kappa shape index (κ3) is 3.34. The number of phenols is 1. The van der Waals surface area contributed by atoms with E-state index in [4.69, 9.17) is 9.15 Å². The number of anilines is 2. The Hall–Kier alpha value is -3.61. The van der Waals surface area contributed by atoms with Gasteiger partial charge in [0, 0.05) is 18.2 Å². The van der Waals surface area contributed by atoms with Crippen molar-refractivity contribution in [3.8, 4) is 5.75 Å². The van der Waals surface area contributed by atoms with Crippen LogP contribution < -0.4 is 5.32 Å². The molecule has 0 unspecified atom stereocenters. The van der Waals surface area contributed by atoms with Crippen LogP contribution in [0.5, 0.6) is 5.75 Å². The third-order valence-corrected chi connectivity index (χ3v) is 5.24. The highest BCUT2D eigenvalue weighted by Gasteiger charge is 2.47. The predicted octanol–water partition coefficient (Wildman–Crippen LogP) is 1.96. The van der Waals surface area contributed by atoms with Gasteiger partial charge in [-0.15, -0.1) is 0 Å². The first-order valence-corrected chi connectivity index (χ1v) is 9.85. The van der Waals surface area contributed by atoms with Gasteiger partial charge >= 0.3 is 0 Å². The maximum atomic E-state index is 13.7. The lowest BCUT2D eigenvalue weighted by Crippen LogP contribution is -2.29. The number of halogens is 1. The second-order valence-electron chi connectivity index (χ2n) is 7.28. The molecule has 0 saturated carbocycles. The van der Waals surface area contributed by atoms with Crippen molar-refractivity contribution < 1.29 is 28.9 Å². The number of fused-ring (bicyclic) bond motifs is 1. The van der Waals surface area contributed by atoms with Crippen LogP contribution in [0.25, 0.3) is 11.2 Å². The predicted molar refractivity (Wildman–Crippen MR) is 107 cm³/mol. The van der Waals surface area contributed by atoms with Crippen molar-refractivity contribution in [2.45, 2.75) is 37.9 Å². The molecule has 3 aromatic heterocycles. The fourth-order valence-electron chi connectivity index (χ4n) is 3.56. The molecule has 12 heteroatoms. The molecule has 32 heavy (non-hydrogen) atoms. The largest absolute Gasteiger partial charge is 0.505 e. The molecule has 4 heterocycles. The second-order valence-corrected chi connectivity index (χ2v) is 7.28. The van der Waals surface area contributed by atoms with Crippen molar-refractivity contribution in [3.63, 3.8) is 0 Å². The quantitative estimate of drug-likeness (QED) is 0.338. The van der Waals surface area contributed by atoms with Gasteiger partial charge in [0.05, 0.1) is 12.5 Å². The van der Waals surface area contributed by atoms with E-state index in [2.05, 4.69) is 25.3 Å². The minimum atomic E-state index is -1.30. The summed E-state index contributed by atoms with van der Waals surface area (Å²) in [6, 6.07) is 3.81. The molecule has 0 aliphatic carbocycles. The number of aromatic hydroxyl groups is 1. The van der Waals surface area contributed by atoms with Crippen molar-refractivity contribution in [2.75, 3.05) is 5.32 Å². The Morgan fingerprint density at radius 2 is 2.00 bits per heavy atom. The number of hydrogen-bond donors (Lipinski definition) is 4. The summed E-state index contributed by atoms with van der Waals surface area (Å²) >= 11 is 0. The number of phenolic OH excluding ortho intramolecular Hbond substituents is 1. The average Bonchev–Trinajstić information content (AvgIpc) is 3.50. The van der Waals surface area contributed by atoms with E-state index in [0.29, 0.717) is 29.0 Å². The SMILES string of the molecule is CCc1cnc([C@H]2O[C@@H](n3cnc4c(Nc5ccc(O)c(F)c5)ncnc43)[C@H](O)[C@@H]2O)o1. The summed E-state index contributed by atoms with van der Waals surface area (Å²) in [4.78, 5) is 16.8. The zero-order valence-corrected chi connectivity index (χ0v) is 16.8. The molecule has 0 bridgehead atoms. The zero-order chi connectivity index (χ0) is 22.4. The van der Waals surface area contributed by atoms with Crippen LogP contribution in [-0.4, -0.2) is 52.0 Å². The van der Waals surface area contributed by atoms with Gasteiger partial charge in [0.15, 0.2) is 40.9 Å². The Balaban J connectivity index is 1.46. The highest BCUT2D eigenvalue weighted by atomic mass is 19.1. The van der Waals surface area contributed by atoms with Crippen molar-refractivity contribution in [1.82, 2.24) is 24.5 Å². The number of benzene rings is 1. The van der Waals surface area contributed by atoms with Gasteiger partial charge in [-0.3, -0.25) is 4.57 Å². The van der Waals surface area contributed by atoms with Crippen LogP contribution >= 0.6 is 0 Å². The summed E-state index contributed by atoms with van der Waals surface area (Å²) in [5.74, 6) is -0.164. The summed E-state index contributed by atoms with van der Waals surface area (Å²) in [6.45, 7) is 1.91. The summed E-state index contributed by atoms with van der Waals surface area (Å²) in [6.07, 6.45) is 0.305. The van der Waals surface area contributed by atoms with Crippen LogP contribution in [0.2, 0.25) is 0 Å². The molecule has 11 nitrogen and oxygen atoms in total. The molecule has 1 aliphatic heterocycles. The van der Waals surface area contributed by atoms with Gasteiger partial charge in [0.1, 0.15) is 24.3 Å². The lowest BCUT2D eigenvalue weighted by atomic mass is 10.1. The average molecular weight is 442 g/mol. The van der Waals surface area contributed by atoms with Gasteiger partial charge in [0.25, 0.3) is 0 Å². The van der Waals surface area contributed by atoms with E-state index in [1.807, 2.05) is 6.92 Å². The summed E-state index contributed by atoms with van der Waals surface area (Å²) in [7, 11) is 0. The smallest absolute Gasteiger partial charge is 0.226 e. The molecule has 0 spiro atoms. The fourth-order valence-corrected chi connectivity index (χ4v) is 3.56. The molecule has 4 N–H and O–H groups in total. The number of nitrogens with one attached hydrogen (secondary N) is 1. The molecular weight excluding hydrogens is 423 g/mol. The van der Waals surface area contributed by atoms with E-state index in [1.165, 1.54) is 29.4 Å². The Labute approximate surface area is 180 Å². The lowest BCUT2D eigenvalue weighted by molar-refractivity contribution is -0.0439. The fraction of sp³-hybridized carbons (Fsp3) is 0.300. The Bertz CT molecular complexity index is 1280. The van der Waals surface area contributed by atoms with E-state index < -0.39 is 36.1 Å². The Morgan fingerprint density at radius 1 is 1.16 bits per heavy atom. The molecule has 5 rings (SSSR count). The number of oxazole rings is 1. The summed E-state index contributed by atoms with van der Waals surface area (Å²) < 4.78 is 26.6. The van der Waals surface area contributed by atoms with Crippen LogP contribution in [0.1, 0.15) is 30.9 Å². The molecule has 0 radical (unpaired) electrons. The maximum Gasteiger partial charge on any atom is 0.226 e. The number of hydrogen-bond acceptors (Lipinski definition) is 10. The minimum absolute atomic E-state index is 0.173. The zero-order valence-electron chi connectivity index (χ0n) is 16.8. The number of ether oxygens (including phenoxy) is 1. The van der Waals surface area contributed by atoms with Crippen LogP contribution in [0.4, 0.5) is 15.9 Å². The van der Waals surface area contributed by atoms with Crippen LogP contribution in [0.15, 0.2) is 41.5 Å². The normalized spacial score (nSPS) is 23.1. The van der Waals surface area contributed by atoms with Crippen molar-refractivity contribution in [2.24, 2.45) is 0 Å². The molecular formula is C20H19FN6O5. The molecule has 1 aliphatic rings. The first kappa shape index (κ1) is 20.3. The highest BCUT2D eigenvalue weighted by Crippen LogP contribution is 2.40. The van der Waals surface area contributed by atoms with Crippen LogP contribution in [0.3, 0.4) is 0 Å². The lowest BCUT2D eigenvalue weighted by Gasteiger charge is -2.16. The van der Waals surface area contributed by atoms with Crippen LogP contribution in [-0.2, 0) is 11.2 Å². The topological polar surface area (TPSA) is 152 Å². The highest BCUT2D eigenvalue weighted by molar-refractivity contribution is 5.85. The number of aromatic nitrogens is 5. The standard InChI is InChI=1S/C20H19FN6O5/c1-2-10-6-22-19(31-10)16-14(29)15(30)20(32-16)27-8-25-13-17(23-7-24-18(13)27)26-9-3-4-12(28)11(21)5-9/h3-8,14-16,20,28-30H,2H2,1H3,(H,23,24,26)/t14-,15+,16-,20+/m0/s1. The third-order valence-electron chi connectivity index (χ3n) is 5.24. The molecule has 1 aromatic carbocycles. The van der Waals surface area contributed by atoms with Gasteiger partial charge in [-0.25, -0.2) is 24.3 Å². The second kappa shape index (κ2) is 7.82. The maximum absolute atomic E-state index is 13.7. The molecule has 4 atom stereocenters. The Morgan fingerprint density at radius 3 is 2.75 bits per heavy atom. The number of rotatable bonds is 5. The number of aliphatic hydroxyl groups excluding tert-OH is 2. The minimum Gasteiger partial charge on any atom is -0.505 e. The van der Waals surface area contributed by atoms with Crippen molar-refractivity contribution in [1.29, 1.82) is 0 Å². The van der Waals surface area contributed by atoms with Crippen molar-refractivity contribution in [3.05, 3.63) is 54.5 Å². The van der Waals surface area contributed by atoms with E-state index >= 15 is 0 Å². The number of imidazole rings is 1. The van der Waals surface area contributed by atoms with Gasteiger partial charge < -0.3 is 29.8 Å². The first-order chi connectivity index (χ1) is 15.5. The van der Waals surface area contributed by atoms with Gasteiger partial charge in [-0.1, -0.05) is 6.92 Å². The summed E-state index contributed by atoms with van der Waals surface area (Å²) in [5.41, 5.74) is 0.998. The number of aliphatic hydroxyl groups is 2. The van der Waals surface area contributed by atoms with Gasteiger partial charge in [-0.2, -0.15) is 0 Å². The monoisotopic (exact) mass is 442 g/mol. The number of aryl methyl sites for hydroxylation is 1. The van der Waals surface area contributed by atoms with E-state index in [1.54, 1.807) is 6.20 Å². The molecule has 166 valence electrons. The van der Waals surface area contributed by atoms with Crippen molar-refractivity contribution >= 4 is 22.7 Å². The van der Waals surface area contributed by atoms with Gasteiger partial charge in [-0.05, 0) is 12.1 Å². The van der Waals surface area contributed by atoms with Crippen LogP contribution in [0, 0.1) is 5.82 Å². The molecule has 0 amide bonds.